The number of nitrogens with one attached hydrogen (secondary N) is 1. The summed E-state index contributed by atoms with van der Waals surface area (Å²) in [5.74, 6) is 1.88. The Hall–Kier alpha value is -1.26. The Morgan fingerprint density at radius 3 is 2.65 bits per heavy atom. The van der Waals surface area contributed by atoms with Crippen molar-refractivity contribution in [3.05, 3.63) is 24.3 Å². The van der Waals surface area contributed by atoms with Crippen molar-refractivity contribution in [1.82, 2.24) is 5.32 Å². The van der Waals surface area contributed by atoms with Crippen molar-refractivity contribution in [2.24, 2.45) is 5.92 Å². The van der Waals surface area contributed by atoms with Crippen LogP contribution in [0.15, 0.2) is 24.3 Å². The van der Waals surface area contributed by atoms with E-state index in [-0.39, 0.29) is 0 Å². The summed E-state index contributed by atoms with van der Waals surface area (Å²) >= 11 is 0. The highest BCUT2D eigenvalue weighted by atomic mass is 16.5. The monoisotopic (exact) mass is 237 g/mol. The van der Waals surface area contributed by atoms with E-state index in [0.29, 0.717) is 12.5 Å². The van der Waals surface area contributed by atoms with Crippen molar-refractivity contribution in [3.63, 3.8) is 0 Å². The first-order valence-corrected chi connectivity index (χ1v) is 5.95. The molecule has 0 aromatic heterocycles. The van der Waals surface area contributed by atoms with Crippen molar-refractivity contribution in [2.45, 2.75) is 12.5 Å². The van der Waals surface area contributed by atoms with Crippen LogP contribution in [0.2, 0.25) is 0 Å². The number of rotatable bonds is 5. The molecule has 94 valence electrons. The average molecular weight is 237 g/mol. The molecule has 1 aromatic rings. The first-order valence-electron chi connectivity index (χ1n) is 5.95. The Kier molecular flexibility index (Phi) is 4.23. The number of ether oxygens (including phenoxy) is 2. The van der Waals surface area contributed by atoms with E-state index in [2.05, 4.69) is 5.32 Å². The molecule has 17 heavy (non-hydrogen) atoms. The molecule has 1 aliphatic heterocycles. The fourth-order valence-corrected chi connectivity index (χ4v) is 2.00. The van der Waals surface area contributed by atoms with Crippen LogP contribution in [0.3, 0.4) is 0 Å². The zero-order valence-electron chi connectivity index (χ0n) is 10.1. The molecular formula is C13H19NO3. The molecule has 4 heteroatoms. The van der Waals surface area contributed by atoms with Crippen LogP contribution in [-0.4, -0.2) is 38.0 Å². The largest absolute Gasteiger partial charge is 0.497 e. The third kappa shape index (κ3) is 3.35. The lowest BCUT2D eigenvalue weighted by atomic mass is 10.0. The molecule has 0 amide bonds. The van der Waals surface area contributed by atoms with Crippen molar-refractivity contribution >= 4 is 0 Å². The maximum atomic E-state index is 9.92. The minimum Gasteiger partial charge on any atom is -0.497 e. The van der Waals surface area contributed by atoms with Crippen LogP contribution in [0.1, 0.15) is 6.42 Å². The van der Waals surface area contributed by atoms with Gasteiger partial charge >= 0.3 is 0 Å². The smallest absolute Gasteiger partial charge is 0.119 e. The van der Waals surface area contributed by atoms with Crippen LogP contribution in [0.5, 0.6) is 11.5 Å². The molecule has 2 N–H and O–H groups in total. The van der Waals surface area contributed by atoms with Gasteiger partial charge in [-0.1, -0.05) is 0 Å². The normalized spacial score (nSPS) is 21.2. The second kappa shape index (κ2) is 5.89. The fourth-order valence-electron chi connectivity index (χ4n) is 2.00. The van der Waals surface area contributed by atoms with Crippen molar-refractivity contribution < 1.29 is 14.6 Å². The average Bonchev–Trinajstić information content (AvgIpc) is 2.90. The number of hydrogen-bond acceptors (Lipinski definition) is 4. The number of methoxy groups -OCH3 is 1. The Bertz CT molecular complexity index is 333. The molecule has 0 radical (unpaired) electrons. The molecule has 2 atom stereocenters. The Labute approximate surface area is 102 Å². The Morgan fingerprint density at radius 1 is 1.35 bits per heavy atom. The minimum atomic E-state index is -0.396. The van der Waals surface area contributed by atoms with Crippen LogP contribution in [-0.2, 0) is 0 Å². The van der Waals surface area contributed by atoms with Crippen molar-refractivity contribution in [3.8, 4) is 11.5 Å². The van der Waals surface area contributed by atoms with Crippen LogP contribution in [0.25, 0.3) is 0 Å². The lowest BCUT2D eigenvalue weighted by Crippen LogP contribution is -2.28. The molecular weight excluding hydrogens is 218 g/mol. The second-order valence-corrected chi connectivity index (χ2v) is 4.31. The number of hydrogen-bond donors (Lipinski definition) is 2. The molecule has 1 fully saturated rings. The van der Waals surface area contributed by atoms with E-state index in [1.807, 2.05) is 24.3 Å². The molecule has 0 aliphatic carbocycles. The first-order chi connectivity index (χ1) is 8.29. The zero-order chi connectivity index (χ0) is 12.1. The van der Waals surface area contributed by atoms with Gasteiger partial charge in [0.05, 0.1) is 13.2 Å². The van der Waals surface area contributed by atoms with E-state index < -0.39 is 6.10 Å². The van der Waals surface area contributed by atoms with Gasteiger partial charge in [-0.05, 0) is 37.2 Å². The van der Waals surface area contributed by atoms with Gasteiger partial charge in [-0.25, -0.2) is 0 Å². The summed E-state index contributed by atoms with van der Waals surface area (Å²) in [7, 11) is 1.63. The van der Waals surface area contributed by atoms with E-state index in [9.17, 15) is 5.11 Å². The molecule has 4 nitrogen and oxygen atoms in total. The third-order valence-electron chi connectivity index (χ3n) is 3.12. The summed E-state index contributed by atoms with van der Waals surface area (Å²) < 4.78 is 10.6. The van der Waals surface area contributed by atoms with E-state index in [1.54, 1.807) is 7.11 Å². The van der Waals surface area contributed by atoms with Gasteiger partial charge in [0.25, 0.3) is 0 Å². The minimum absolute atomic E-state index is 0.313. The van der Waals surface area contributed by atoms with Gasteiger partial charge in [0, 0.05) is 12.5 Å². The van der Waals surface area contributed by atoms with E-state index in [4.69, 9.17) is 9.47 Å². The molecule has 0 bridgehead atoms. The van der Waals surface area contributed by atoms with Crippen molar-refractivity contribution in [1.29, 1.82) is 0 Å². The maximum absolute atomic E-state index is 9.92. The summed E-state index contributed by atoms with van der Waals surface area (Å²) in [6.07, 6.45) is 0.625. The highest BCUT2D eigenvalue weighted by molar-refractivity contribution is 5.31. The molecule has 1 heterocycles. The Balaban J connectivity index is 1.80. The van der Waals surface area contributed by atoms with Gasteiger partial charge < -0.3 is 19.9 Å². The highest BCUT2D eigenvalue weighted by Crippen LogP contribution is 2.19. The second-order valence-electron chi connectivity index (χ2n) is 4.31. The van der Waals surface area contributed by atoms with Gasteiger partial charge in [-0.3, -0.25) is 0 Å². The van der Waals surface area contributed by atoms with Crippen LogP contribution in [0, 0.1) is 5.92 Å². The molecule has 1 aliphatic rings. The molecule has 0 saturated carbocycles. The SMILES string of the molecule is COc1ccc(OCC(O)C2CCNC2)cc1. The van der Waals surface area contributed by atoms with Crippen LogP contribution in [0.4, 0.5) is 0 Å². The lowest BCUT2D eigenvalue weighted by molar-refractivity contribution is 0.0640. The highest BCUT2D eigenvalue weighted by Gasteiger charge is 2.23. The van der Waals surface area contributed by atoms with Gasteiger partial charge in [-0.15, -0.1) is 0 Å². The molecule has 2 unspecified atom stereocenters. The maximum Gasteiger partial charge on any atom is 0.119 e. The summed E-state index contributed by atoms with van der Waals surface area (Å²) in [6, 6.07) is 7.38. The van der Waals surface area contributed by atoms with E-state index in [1.165, 1.54) is 0 Å². The third-order valence-corrected chi connectivity index (χ3v) is 3.12. The molecule has 2 rings (SSSR count). The fraction of sp³-hybridized carbons (Fsp3) is 0.538. The quantitative estimate of drug-likeness (QED) is 0.803. The Morgan fingerprint density at radius 2 is 2.06 bits per heavy atom. The van der Waals surface area contributed by atoms with Gasteiger partial charge in [-0.2, -0.15) is 0 Å². The molecule has 1 aromatic carbocycles. The van der Waals surface area contributed by atoms with Gasteiger partial charge in [0.2, 0.25) is 0 Å². The number of benzene rings is 1. The summed E-state index contributed by atoms with van der Waals surface area (Å²) in [5.41, 5.74) is 0. The molecule has 1 saturated heterocycles. The topological polar surface area (TPSA) is 50.7 Å². The van der Waals surface area contributed by atoms with Gasteiger partial charge in [0.15, 0.2) is 0 Å². The number of aliphatic hydroxyl groups excluding tert-OH is 1. The van der Waals surface area contributed by atoms with Crippen molar-refractivity contribution in [2.75, 3.05) is 26.8 Å². The predicted octanol–water partition coefficient (Wildman–Crippen LogP) is 1.04. The van der Waals surface area contributed by atoms with E-state index >= 15 is 0 Å². The van der Waals surface area contributed by atoms with Crippen LogP contribution >= 0.6 is 0 Å². The van der Waals surface area contributed by atoms with Crippen LogP contribution < -0.4 is 14.8 Å². The standard InChI is InChI=1S/C13H19NO3/c1-16-11-2-4-12(5-3-11)17-9-13(15)10-6-7-14-8-10/h2-5,10,13-15H,6-9H2,1H3. The summed E-state index contributed by atoms with van der Waals surface area (Å²) in [5, 5.41) is 13.2. The first kappa shape index (κ1) is 12.2. The number of aliphatic hydroxyl groups is 1. The van der Waals surface area contributed by atoms with Gasteiger partial charge in [0.1, 0.15) is 18.1 Å². The van der Waals surface area contributed by atoms with E-state index in [0.717, 1.165) is 31.0 Å². The summed E-state index contributed by atoms with van der Waals surface area (Å²) in [6.45, 7) is 2.22. The molecule has 0 spiro atoms. The summed E-state index contributed by atoms with van der Waals surface area (Å²) in [4.78, 5) is 0. The predicted molar refractivity (Wildman–Crippen MR) is 65.5 cm³/mol. The zero-order valence-corrected chi connectivity index (χ0v) is 10.1. The lowest BCUT2D eigenvalue weighted by Gasteiger charge is -2.17.